The van der Waals surface area contributed by atoms with Crippen molar-refractivity contribution in [3.05, 3.63) is 59.5 Å². The van der Waals surface area contributed by atoms with Crippen LogP contribution in [0.4, 0.5) is 0 Å². The second-order valence-corrected chi connectivity index (χ2v) is 6.06. The minimum absolute atomic E-state index is 0. The van der Waals surface area contributed by atoms with E-state index in [0.29, 0.717) is 25.3 Å². The van der Waals surface area contributed by atoms with Crippen molar-refractivity contribution >= 4 is 24.2 Å². The number of amides is 2. The molecule has 0 radical (unpaired) electrons. The van der Waals surface area contributed by atoms with E-state index < -0.39 is 0 Å². The maximum absolute atomic E-state index is 12.2. The third kappa shape index (κ3) is 5.89. The van der Waals surface area contributed by atoms with Crippen molar-refractivity contribution in [1.29, 1.82) is 0 Å². The van der Waals surface area contributed by atoms with Gasteiger partial charge in [0.2, 0.25) is 5.91 Å². The van der Waals surface area contributed by atoms with E-state index in [2.05, 4.69) is 10.6 Å². The molecule has 2 unspecified atom stereocenters. The summed E-state index contributed by atoms with van der Waals surface area (Å²) >= 11 is 0. The van der Waals surface area contributed by atoms with Gasteiger partial charge in [-0.1, -0.05) is 37.3 Å². The molecule has 142 valence electrons. The number of nitrogens with one attached hydrogen (secondary N) is 2. The highest BCUT2D eigenvalue weighted by molar-refractivity contribution is 5.92. The smallest absolute Gasteiger partial charge is 0.287 e. The van der Waals surface area contributed by atoms with E-state index in [1.165, 1.54) is 6.26 Å². The zero-order chi connectivity index (χ0) is 18.2. The molecule has 2 amide bonds. The highest BCUT2D eigenvalue weighted by Crippen LogP contribution is 2.18. The van der Waals surface area contributed by atoms with Gasteiger partial charge in [0.25, 0.3) is 5.91 Å². The van der Waals surface area contributed by atoms with E-state index in [9.17, 15) is 9.59 Å². The Kier molecular flexibility index (Phi) is 8.88. The van der Waals surface area contributed by atoms with Crippen molar-refractivity contribution in [3.8, 4) is 0 Å². The number of carbonyl (C=O) groups excluding carboxylic acids is 2. The van der Waals surface area contributed by atoms with Crippen LogP contribution in [0.15, 0.2) is 47.1 Å². The van der Waals surface area contributed by atoms with Gasteiger partial charge in [-0.25, -0.2) is 0 Å². The van der Waals surface area contributed by atoms with E-state index in [1.807, 2.05) is 44.2 Å². The van der Waals surface area contributed by atoms with Crippen LogP contribution >= 0.6 is 12.4 Å². The largest absolute Gasteiger partial charge is 0.459 e. The van der Waals surface area contributed by atoms with Crippen molar-refractivity contribution in [2.75, 3.05) is 13.1 Å². The van der Waals surface area contributed by atoms with Crippen molar-refractivity contribution < 1.29 is 14.0 Å². The van der Waals surface area contributed by atoms with Gasteiger partial charge >= 0.3 is 0 Å². The van der Waals surface area contributed by atoms with E-state index in [4.69, 9.17) is 10.2 Å². The molecule has 2 rings (SSSR count). The number of rotatable bonds is 8. The lowest BCUT2D eigenvalue weighted by atomic mass is 9.95. The van der Waals surface area contributed by atoms with Crippen LogP contribution in [0.3, 0.4) is 0 Å². The van der Waals surface area contributed by atoms with Gasteiger partial charge < -0.3 is 20.8 Å². The topological polar surface area (TPSA) is 97.4 Å². The maximum atomic E-state index is 12.2. The molecule has 0 aliphatic rings. The minimum atomic E-state index is -0.345. The summed E-state index contributed by atoms with van der Waals surface area (Å²) in [4.78, 5) is 24.1. The third-order valence-corrected chi connectivity index (χ3v) is 4.14. The SMILES string of the molecule is Cc1ccoc1C(=O)NCCCNC(=O)C(C)C(N)c1ccccc1.Cl. The lowest BCUT2D eigenvalue weighted by Gasteiger charge is -2.19. The molecule has 0 saturated heterocycles. The molecule has 7 heteroatoms. The summed E-state index contributed by atoms with van der Waals surface area (Å²) in [5.74, 6) is -0.341. The first kappa shape index (κ1) is 21.7. The number of furan rings is 1. The predicted molar refractivity (Wildman–Crippen MR) is 103 cm³/mol. The van der Waals surface area contributed by atoms with Gasteiger partial charge in [0.15, 0.2) is 5.76 Å². The van der Waals surface area contributed by atoms with Crippen molar-refractivity contribution in [1.82, 2.24) is 10.6 Å². The van der Waals surface area contributed by atoms with Crippen LogP contribution < -0.4 is 16.4 Å². The molecule has 1 aromatic carbocycles. The number of hydrogen-bond donors (Lipinski definition) is 3. The van der Waals surface area contributed by atoms with Gasteiger partial charge in [0.1, 0.15) is 0 Å². The molecule has 0 aliphatic heterocycles. The summed E-state index contributed by atoms with van der Waals surface area (Å²) in [6.45, 7) is 4.56. The Labute approximate surface area is 159 Å². The molecule has 2 aromatic rings. The summed E-state index contributed by atoms with van der Waals surface area (Å²) in [6.07, 6.45) is 2.12. The Morgan fingerprint density at radius 1 is 1.12 bits per heavy atom. The molecule has 0 spiro atoms. The second-order valence-electron chi connectivity index (χ2n) is 6.06. The molecular formula is C19H26ClN3O3. The number of hydrogen-bond acceptors (Lipinski definition) is 4. The predicted octanol–water partition coefficient (Wildman–Crippen LogP) is 2.58. The summed E-state index contributed by atoms with van der Waals surface area (Å²) < 4.78 is 5.13. The molecule has 1 aromatic heterocycles. The lowest BCUT2D eigenvalue weighted by molar-refractivity contribution is -0.125. The first-order chi connectivity index (χ1) is 12.0. The van der Waals surface area contributed by atoms with E-state index >= 15 is 0 Å². The summed E-state index contributed by atoms with van der Waals surface area (Å²) in [6, 6.07) is 11.0. The Balaban J connectivity index is 0.00000338. The molecule has 0 bridgehead atoms. The van der Waals surface area contributed by atoms with Crippen LogP contribution in [-0.4, -0.2) is 24.9 Å². The minimum Gasteiger partial charge on any atom is -0.459 e. The van der Waals surface area contributed by atoms with E-state index in [-0.39, 0.29) is 36.2 Å². The highest BCUT2D eigenvalue weighted by atomic mass is 35.5. The lowest BCUT2D eigenvalue weighted by Crippen LogP contribution is -2.37. The molecule has 1 heterocycles. The number of carbonyl (C=O) groups is 2. The standard InChI is InChI=1S/C19H25N3O3.ClH/c1-13-9-12-25-17(13)19(24)22-11-6-10-21-18(23)14(2)16(20)15-7-4-3-5-8-15;/h3-5,7-9,12,14,16H,6,10-11,20H2,1-2H3,(H,21,23)(H,22,24);1H. The summed E-state index contributed by atoms with van der Waals surface area (Å²) in [5.41, 5.74) is 7.89. The van der Waals surface area contributed by atoms with Crippen LogP contribution in [0.5, 0.6) is 0 Å². The van der Waals surface area contributed by atoms with Crippen LogP contribution in [0.25, 0.3) is 0 Å². The van der Waals surface area contributed by atoms with Crippen LogP contribution in [0.1, 0.15) is 41.1 Å². The third-order valence-electron chi connectivity index (χ3n) is 4.14. The first-order valence-corrected chi connectivity index (χ1v) is 8.41. The molecule has 2 atom stereocenters. The van der Waals surface area contributed by atoms with E-state index in [0.717, 1.165) is 11.1 Å². The van der Waals surface area contributed by atoms with Gasteiger partial charge in [-0.3, -0.25) is 9.59 Å². The number of benzene rings is 1. The molecule has 0 fully saturated rings. The average molecular weight is 380 g/mol. The van der Waals surface area contributed by atoms with Gasteiger partial charge in [0, 0.05) is 24.7 Å². The normalized spacial score (nSPS) is 12.6. The Bertz CT molecular complexity index is 703. The molecule has 4 N–H and O–H groups in total. The first-order valence-electron chi connectivity index (χ1n) is 8.41. The second kappa shape index (κ2) is 10.6. The summed E-state index contributed by atoms with van der Waals surface area (Å²) in [5, 5.41) is 5.63. The quantitative estimate of drug-likeness (QED) is 0.614. The van der Waals surface area contributed by atoms with E-state index in [1.54, 1.807) is 6.07 Å². The fourth-order valence-corrected chi connectivity index (χ4v) is 2.48. The molecule has 26 heavy (non-hydrogen) atoms. The van der Waals surface area contributed by atoms with Crippen LogP contribution in [-0.2, 0) is 4.79 Å². The average Bonchev–Trinajstić information content (AvgIpc) is 3.06. The molecule has 0 saturated carbocycles. The summed E-state index contributed by atoms with van der Waals surface area (Å²) in [7, 11) is 0. The fourth-order valence-electron chi connectivity index (χ4n) is 2.48. The van der Waals surface area contributed by atoms with Crippen molar-refractivity contribution in [2.45, 2.75) is 26.3 Å². The molecular weight excluding hydrogens is 354 g/mol. The molecule has 0 aliphatic carbocycles. The zero-order valence-electron chi connectivity index (χ0n) is 15.0. The fraction of sp³-hybridized carbons (Fsp3) is 0.368. The highest BCUT2D eigenvalue weighted by Gasteiger charge is 2.21. The number of halogens is 1. The van der Waals surface area contributed by atoms with Gasteiger partial charge in [0.05, 0.1) is 12.2 Å². The Morgan fingerprint density at radius 2 is 1.77 bits per heavy atom. The zero-order valence-corrected chi connectivity index (χ0v) is 15.8. The van der Waals surface area contributed by atoms with Gasteiger partial charge in [-0.15, -0.1) is 12.4 Å². The Hall–Kier alpha value is -2.31. The van der Waals surface area contributed by atoms with Crippen LogP contribution in [0.2, 0.25) is 0 Å². The monoisotopic (exact) mass is 379 g/mol. The number of aryl methyl sites for hydroxylation is 1. The maximum Gasteiger partial charge on any atom is 0.287 e. The van der Waals surface area contributed by atoms with Crippen molar-refractivity contribution in [3.63, 3.8) is 0 Å². The number of nitrogens with two attached hydrogens (primary N) is 1. The Morgan fingerprint density at radius 3 is 2.38 bits per heavy atom. The van der Waals surface area contributed by atoms with Crippen molar-refractivity contribution in [2.24, 2.45) is 11.7 Å². The van der Waals surface area contributed by atoms with Gasteiger partial charge in [-0.05, 0) is 25.0 Å². The van der Waals surface area contributed by atoms with Gasteiger partial charge in [-0.2, -0.15) is 0 Å². The molecule has 6 nitrogen and oxygen atoms in total. The van der Waals surface area contributed by atoms with Crippen LogP contribution in [0, 0.1) is 12.8 Å².